The van der Waals surface area contributed by atoms with Gasteiger partial charge in [0.2, 0.25) is 0 Å². The highest BCUT2D eigenvalue weighted by molar-refractivity contribution is 5.42. The van der Waals surface area contributed by atoms with E-state index in [0.29, 0.717) is 12.5 Å². The Labute approximate surface area is 114 Å². The van der Waals surface area contributed by atoms with Crippen molar-refractivity contribution in [1.29, 1.82) is 0 Å². The molecule has 0 aliphatic carbocycles. The first-order valence-electron chi connectivity index (χ1n) is 6.82. The van der Waals surface area contributed by atoms with E-state index in [1.54, 1.807) is 0 Å². The van der Waals surface area contributed by atoms with Crippen molar-refractivity contribution >= 4 is 0 Å². The minimum atomic E-state index is -0.0583. The second-order valence-corrected chi connectivity index (χ2v) is 5.31. The van der Waals surface area contributed by atoms with Crippen LogP contribution in [0.2, 0.25) is 0 Å². The zero-order valence-corrected chi connectivity index (χ0v) is 11.3. The summed E-state index contributed by atoms with van der Waals surface area (Å²) < 4.78 is 0. The van der Waals surface area contributed by atoms with Gasteiger partial charge in [-0.1, -0.05) is 60.7 Å². The van der Waals surface area contributed by atoms with Crippen molar-refractivity contribution in [1.82, 2.24) is 4.90 Å². The van der Waals surface area contributed by atoms with Crippen LogP contribution in [0.4, 0.5) is 0 Å². The van der Waals surface area contributed by atoms with Crippen molar-refractivity contribution in [3.8, 4) is 0 Å². The van der Waals surface area contributed by atoms with Gasteiger partial charge in [-0.3, -0.25) is 4.90 Å². The highest BCUT2D eigenvalue weighted by atomic mass is 15.3. The molecule has 0 amide bonds. The third kappa shape index (κ3) is 1.71. The van der Waals surface area contributed by atoms with E-state index < -0.39 is 0 Å². The maximum atomic E-state index is 6.02. The maximum absolute atomic E-state index is 6.02. The lowest BCUT2D eigenvalue weighted by molar-refractivity contribution is -0.0299. The Bertz CT molecular complexity index is 496. The fourth-order valence-corrected chi connectivity index (χ4v) is 3.51. The molecule has 1 atom stereocenters. The summed E-state index contributed by atoms with van der Waals surface area (Å²) in [4.78, 5) is 2.41. The van der Waals surface area contributed by atoms with Crippen LogP contribution in [0.25, 0.3) is 0 Å². The smallest absolute Gasteiger partial charge is 0.0766 e. The summed E-state index contributed by atoms with van der Waals surface area (Å²) >= 11 is 0. The van der Waals surface area contributed by atoms with Gasteiger partial charge in [-0.25, -0.2) is 0 Å². The van der Waals surface area contributed by atoms with Crippen molar-refractivity contribution in [2.75, 3.05) is 20.1 Å². The van der Waals surface area contributed by atoms with E-state index in [4.69, 9.17) is 5.73 Å². The summed E-state index contributed by atoms with van der Waals surface area (Å²) in [5.41, 5.74) is 8.64. The molecule has 0 aromatic heterocycles. The van der Waals surface area contributed by atoms with Crippen LogP contribution in [0.15, 0.2) is 60.7 Å². The molecule has 0 spiro atoms. The third-order valence-corrected chi connectivity index (χ3v) is 4.40. The summed E-state index contributed by atoms with van der Waals surface area (Å²) in [6.45, 7) is 1.77. The Kier molecular flexibility index (Phi) is 3.13. The van der Waals surface area contributed by atoms with Crippen LogP contribution in [0, 0.1) is 5.92 Å². The first kappa shape index (κ1) is 12.4. The van der Waals surface area contributed by atoms with Gasteiger partial charge in [-0.05, 0) is 24.7 Å². The molecule has 1 heterocycles. The van der Waals surface area contributed by atoms with Gasteiger partial charge in [0, 0.05) is 12.5 Å². The highest BCUT2D eigenvalue weighted by Crippen LogP contribution is 2.48. The quantitative estimate of drug-likeness (QED) is 0.909. The molecule has 1 fully saturated rings. The predicted octanol–water partition coefficient (Wildman–Crippen LogP) is 2.45. The molecule has 0 bridgehead atoms. The van der Waals surface area contributed by atoms with Crippen LogP contribution in [0.1, 0.15) is 11.1 Å². The number of nitrogens with zero attached hydrogens (tertiary/aromatic N) is 1. The maximum Gasteiger partial charge on any atom is 0.0766 e. The van der Waals surface area contributed by atoms with Gasteiger partial charge in [-0.15, -0.1) is 0 Å². The SMILES string of the molecule is CN1CC(CN)C1(c1ccccc1)c1ccccc1. The molecule has 2 aromatic rings. The first-order valence-corrected chi connectivity index (χ1v) is 6.82. The number of hydrogen-bond acceptors (Lipinski definition) is 2. The molecule has 2 heteroatoms. The Hall–Kier alpha value is -1.64. The zero-order chi connectivity index (χ0) is 13.3. The van der Waals surface area contributed by atoms with Crippen molar-refractivity contribution in [3.05, 3.63) is 71.8 Å². The standard InChI is InChI=1S/C17H20N2/c1-19-13-16(12-18)17(19,14-8-4-2-5-9-14)15-10-6-3-7-11-15/h2-11,16H,12-13,18H2,1H3. The zero-order valence-electron chi connectivity index (χ0n) is 11.3. The van der Waals surface area contributed by atoms with Gasteiger partial charge >= 0.3 is 0 Å². The number of rotatable bonds is 3. The van der Waals surface area contributed by atoms with Crippen LogP contribution in [0.5, 0.6) is 0 Å². The van der Waals surface area contributed by atoms with Gasteiger partial charge in [-0.2, -0.15) is 0 Å². The van der Waals surface area contributed by atoms with Crippen LogP contribution < -0.4 is 5.73 Å². The van der Waals surface area contributed by atoms with E-state index >= 15 is 0 Å². The molecule has 1 aliphatic rings. The Morgan fingerprint density at radius 2 is 1.47 bits per heavy atom. The van der Waals surface area contributed by atoms with Crippen molar-refractivity contribution in [3.63, 3.8) is 0 Å². The topological polar surface area (TPSA) is 29.3 Å². The van der Waals surface area contributed by atoms with Crippen LogP contribution in [-0.2, 0) is 5.54 Å². The van der Waals surface area contributed by atoms with E-state index in [1.807, 2.05) is 0 Å². The average Bonchev–Trinajstić information content (AvgIpc) is 2.47. The molecular formula is C17H20N2. The van der Waals surface area contributed by atoms with Gasteiger partial charge in [0.25, 0.3) is 0 Å². The van der Waals surface area contributed by atoms with E-state index in [2.05, 4.69) is 72.6 Å². The van der Waals surface area contributed by atoms with Crippen LogP contribution in [-0.4, -0.2) is 25.0 Å². The van der Waals surface area contributed by atoms with Gasteiger partial charge in [0.05, 0.1) is 5.54 Å². The molecule has 2 aromatic carbocycles. The molecular weight excluding hydrogens is 232 g/mol. The number of hydrogen-bond donors (Lipinski definition) is 1. The van der Waals surface area contributed by atoms with Crippen molar-refractivity contribution < 1.29 is 0 Å². The lowest BCUT2D eigenvalue weighted by Crippen LogP contribution is -2.65. The molecule has 0 saturated carbocycles. The lowest BCUT2D eigenvalue weighted by atomic mass is 9.65. The summed E-state index contributed by atoms with van der Waals surface area (Å²) in [6, 6.07) is 21.4. The summed E-state index contributed by atoms with van der Waals surface area (Å²) in [7, 11) is 2.19. The van der Waals surface area contributed by atoms with Gasteiger partial charge < -0.3 is 5.73 Å². The molecule has 3 rings (SSSR count). The van der Waals surface area contributed by atoms with E-state index in [9.17, 15) is 0 Å². The largest absolute Gasteiger partial charge is 0.330 e. The monoisotopic (exact) mass is 252 g/mol. The van der Waals surface area contributed by atoms with Crippen LogP contribution in [0.3, 0.4) is 0 Å². The van der Waals surface area contributed by atoms with Crippen LogP contribution >= 0.6 is 0 Å². The molecule has 98 valence electrons. The third-order valence-electron chi connectivity index (χ3n) is 4.40. The van der Waals surface area contributed by atoms with E-state index in [1.165, 1.54) is 11.1 Å². The predicted molar refractivity (Wildman–Crippen MR) is 78.8 cm³/mol. The van der Waals surface area contributed by atoms with Crippen molar-refractivity contribution in [2.24, 2.45) is 11.7 Å². The summed E-state index contributed by atoms with van der Waals surface area (Å²) in [5.74, 6) is 0.474. The number of benzene rings is 2. The fraction of sp³-hybridized carbons (Fsp3) is 0.294. The van der Waals surface area contributed by atoms with E-state index in [0.717, 1.165) is 6.54 Å². The summed E-state index contributed by atoms with van der Waals surface area (Å²) in [6.07, 6.45) is 0. The second kappa shape index (κ2) is 4.80. The minimum Gasteiger partial charge on any atom is -0.330 e. The highest BCUT2D eigenvalue weighted by Gasteiger charge is 2.52. The van der Waals surface area contributed by atoms with E-state index in [-0.39, 0.29) is 5.54 Å². The molecule has 1 aliphatic heterocycles. The molecule has 0 radical (unpaired) electrons. The van der Waals surface area contributed by atoms with Crippen molar-refractivity contribution in [2.45, 2.75) is 5.54 Å². The van der Waals surface area contributed by atoms with Gasteiger partial charge in [0.15, 0.2) is 0 Å². The van der Waals surface area contributed by atoms with Gasteiger partial charge in [0.1, 0.15) is 0 Å². The molecule has 1 unspecified atom stereocenters. The fourth-order valence-electron chi connectivity index (χ4n) is 3.51. The molecule has 19 heavy (non-hydrogen) atoms. The number of nitrogens with two attached hydrogens (primary N) is 1. The number of likely N-dealkylation sites (tertiary alicyclic amines) is 1. The summed E-state index contributed by atoms with van der Waals surface area (Å²) in [5, 5.41) is 0. The Morgan fingerprint density at radius 3 is 1.84 bits per heavy atom. The first-order chi connectivity index (χ1) is 9.30. The average molecular weight is 252 g/mol. The normalized spacial score (nSPS) is 21.9. The Morgan fingerprint density at radius 1 is 1.00 bits per heavy atom. The minimum absolute atomic E-state index is 0.0583. The molecule has 2 N–H and O–H groups in total. The molecule has 1 saturated heterocycles. The Balaban J connectivity index is 2.17. The second-order valence-electron chi connectivity index (χ2n) is 5.31. The lowest BCUT2D eigenvalue weighted by Gasteiger charge is -2.58. The molecule has 2 nitrogen and oxygen atoms in total.